The zero-order valence-corrected chi connectivity index (χ0v) is 13.6. The zero-order valence-electron chi connectivity index (χ0n) is 12.8. The van der Waals surface area contributed by atoms with Crippen LogP contribution in [0, 0.1) is 11.3 Å². The summed E-state index contributed by atoms with van der Waals surface area (Å²) in [6.45, 7) is 6.12. The number of rotatable bonds is 8. The monoisotopic (exact) mass is 292 g/mol. The van der Waals surface area contributed by atoms with Gasteiger partial charge in [-0.25, -0.2) is 0 Å². The Morgan fingerprint density at radius 2 is 2.20 bits per heavy atom. The molecule has 0 aliphatic rings. The highest BCUT2D eigenvalue weighted by atomic mass is 32.2. The van der Waals surface area contributed by atoms with Crippen LogP contribution < -0.4 is 10.1 Å². The van der Waals surface area contributed by atoms with Crippen LogP contribution in [0.15, 0.2) is 29.2 Å². The summed E-state index contributed by atoms with van der Waals surface area (Å²) < 4.78 is 5.21. The molecule has 3 nitrogen and oxygen atoms in total. The topological polar surface area (TPSA) is 45.0 Å². The van der Waals surface area contributed by atoms with Gasteiger partial charge in [0.2, 0.25) is 0 Å². The van der Waals surface area contributed by atoms with Crippen LogP contribution in [0.25, 0.3) is 0 Å². The molecule has 0 aliphatic heterocycles. The number of hydrogen-bond acceptors (Lipinski definition) is 4. The Bertz CT molecular complexity index is 456. The number of ether oxygens (including phenoxy) is 1. The van der Waals surface area contributed by atoms with E-state index in [0.717, 1.165) is 24.3 Å². The predicted molar refractivity (Wildman–Crippen MR) is 85.2 cm³/mol. The van der Waals surface area contributed by atoms with Gasteiger partial charge in [-0.3, -0.25) is 5.32 Å². The fraction of sp³-hybridized carbons (Fsp3) is 0.562. The smallest absolute Gasteiger partial charge is 0.119 e. The quantitative estimate of drug-likeness (QED) is 0.584. The first kappa shape index (κ1) is 16.9. The lowest BCUT2D eigenvalue weighted by molar-refractivity contribution is 0.380. The molecule has 0 spiro atoms. The largest absolute Gasteiger partial charge is 0.497 e. The van der Waals surface area contributed by atoms with E-state index in [2.05, 4.69) is 31.3 Å². The highest BCUT2D eigenvalue weighted by molar-refractivity contribution is 7.99. The molecule has 1 aromatic carbocycles. The highest BCUT2D eigenvalue weighted by Crippen LogP contribution is 2.24. The fourth-order valence-corrected chi connectivity index (χ4v) is 3.00. The number of benzene rings is 1. The van der Waals surface area contributed by atoms with Crippen LogP contribution in [-0.4, -0.2) is 24.4 Å². The zero-order chi connectivity index (χ0) is 15.0. The molecule has 1 unspecified atom stereocenters. The van der Waals surface area contributed by atoms with Crippen molar-refractivity contribution in [3.63, 3.8) is 0 Å². The van der Waals surface area contributed by atoms with Gasteiger partial charge in [0, 0.05) is 10.9 Å². The van der Waals surface area contributed by atoms with Crippen molar-refractivity contribution in [2.45, 2.75) is 50.1 Å². The number of nitrogens with zero attached hydrogens (tertiary/aromatic N) is 1. The molecule has 0 bridgehead atoms. The van der Waals surface area contributed by atoms with E-state index >= 15 is 0 Å². The van der Waals surface area contributed by atoms with Gasteiger partial charge in [0.1, 0.15) is 11.3 Å². The normalized spacial score (nSPS) is 13.8. The van der Waals surface area contributed by atoms with Crippen LogP contribution >= 0.6 is 11.8 Å². The molecule has 0 saturated heterocycles. The van der Waals surface area contributed by atoms with E-state index in [1.807, 2.05) is 25.1 Å². The van der Waals surface area contributed by atoms with Crippen molar-refractivity contribution in [3.8, 4) is 11.8 Å². The van der Waals surface area contributed by atoms with E-state index in [1.165, 1.54) is 4.90 Å². The first-order valence-electron chi connectivity index (χ1n) is 6.95. The molecule has 0 heterocycles. The maximum Gasteiger partial charge on any atom is 0.119 e. The van der Waals surface area contributed by atoms with Crippen molar-refractivity contribution in [2.24, 2.45) is 0 Å². The van der Waals surface area contributed by atoms with Gasteiger partial charge in [0.15, 0.2) is 0 Å². The average Bonchev–Trinajstić information content (AvgIpc) is 2.43. The minimum absolute atomic E-state index is 0.325. The van der Waals surface area contributed by atoms with Gasteiger partial charge >= 0.3 is 0 Å². The SMILES string of the molecule is COc1cccc(SCCCC(C)(C#N)NC(C)C)c1. The molecule has 1 atom stereocenters. The third-order valence-corrected chi connectivity index (χ3v) is 4.07. The van der Waals surface area contributed by atoms with E-state index in [4.69, 9.17) is 4.74 Å². The number of nitrogens with one attached hydrogen (secondary N) is 1. The molecule has 110 valence electrons. The van der Waals surface area contributed by atoms with E-state index in [-0.39, 0.29) is 0 Å². The summed E-state index contributed by atoms with van der Waals surface area (Å²) >= 11 is 1.80. The number of thioether (sulfide) groups is 1. The van der Waals surface area contributed by atoms with Crippen LogP contribution in [0.2, 0.25) is 0 Å². The lowest BCUT2D eigenvalue weighted by Gasteiger charge is -2.25. The molecule has 20 heavy (non-hydrogen) atoms. The van der Waals surface area contributed by atoms with Crippen LogP contribution in [-0.2, 0) is 0 Å². The summed E-state index contributed by atoms with van der Waals surface area (Å²) in [5, 5.41) is 12.6. The van der Waals surface area contributed by atoms with Crippen molar-refractivity contribution in [1.29, 1.82) is 5.26 Å². The highest BCUT2D eigenvalue weighted by Gasteiger charge is 2.23. The third kappa shape index (κ3) is 5.85. The molecule has 0 radical (unpaired) electrons. The lowest BCUT2D eigenvalue weighted by Crippen LogP contribution is -2.44. The van der Waals surface area contributed by atoms with Crippen LogP contribution in [0.1, 0.15) is 33.6 Å². The van der Waals surface area contributed by atoms with Gasteiger partial charge in [-0.15, -0.1) is 11.8 Å². The third-order valence-electron chi connectivity index (χ3n) is 2.99. The minimum atomic E-state index is -0.427. The first-order chi connectivity index (χ1) is 9.49. The van der Waals surface area contributed by atoms with Gasteiger partial charge in [-0.2, -0.15) is 5.26 Å². The molecular formula is C16H24N2OS. The Balaban J connectivity index is 2.39. The van der Waals surface area contributed by atoms with Gasteiger partial charge in [0.25, 0.3) is 0 Å². The number of methoxy groups -OCH3 is 1. The Morgan fingerprint density at radius 1 is 1.45 bits per heavy atom. The van der Waals surface area contributed by atoms with Crippen molar-refractivity contribution in [3.05, 3.63) is 24.3 Å². The van der Waals surface area contributed by atoms with E-state index in [0.29, 0.717) is 6.04 Å². The first-order valence-corrected chi connectivity index (χ1v) is 7.93. The van der Waals surface area contributed by atoms with Crippen molar-refractivity contribution < 1.29 is 4.74 Å². The van der Waals surface area contributed by atoms with Crippen LogP contribution in [0.5, 0.6) is 5.75 Å². The van der Waals surface area contributed by atoms with Gasteiger partial charge in [-0.1, -0.05) is 6.07 Å². The van der Waals surface area contributed by atoms with Crippen molar-refractivity contribution in [2.75, 3.05) is 12.9 Å². The Morgan fingerprint density at radius 3 is 2.80 bits per heavy atom. The summed E-state index contributed by atoms with van der Waals surface area (Å²) in [6.07, 6.45) is 1.87. The van der Waals surface area contributed by atoms with E-state index in [9.17, 15) is 5.26 Å². The standard InChI is InChI=1S/C16H24N2OS/c1-13(2)18-16(3,12-17)9-6-10-20-15-8-5-7-14(11-15)19-4/h5,7-8,11,13,18H,6,9-10H2,1-4H3. The second kappa shape index (κ2) is 8.18. The maximum absolute atomic E-state index is 9.28. The Kier molecular flexibility index (Phi) is 6.90. The summed E-state index contributed by atoms with van der Waals surface area (Å²) in [5.74, 6) is 1.89. The maximum atomic E-state index is 9.28. The molecule has 0 aliphatic carbocycles. The minimum Gasteiger partial charge on any atom is -0.497 e. The van der Waals surface area contributed by atoms with Gasteiger partial charge in [0.05, 0.1) is 13.2 Å². The molecule has 1 rings (SSSR count). The van der Waals surface area contributed by atoms with E-state index in [1.54, 1.807) is 18.9 Å². The molecule has 0 saturated carbocycles. The predicted octanol–water partition coefficient (Wildman–Crippen LogP) is 3.85. The van der Waals surface area contributed by atoms with Crippen molar-refractivity contribution >= 4 is 11.8 Å². The molecule has 0 amide bonds. The van der Waals surface area contributed by atoms with Crippen LogP contribution in [0.4, 0.5) is 0 Å². The van der Waals surface area contributed by atoms with Crippen LogP contribution in [0.3, 0.4) is 0 Å². The Labute approximate surface area is 126 Å². The molecule has 1 N–H and O–H groups in total. The second-order valence-electron chi connectivity index (χ2n) is 5.37. The van der Waals surface area contributed by atoms with E-state index < -0.39 is 5.54 Å². The summed E-state index contributed by atoms with van der Waals surface area (Å²) in [5.41, 5.74) is -0.427. The molecule has 1 aromatic rings. The summed E-state index contributed by atoms with van der Waals surface area (Å²) in [6, 6.07) is 10.8. The molecule has 4 heteroatoms. The molecular weight excluding hydrogens is 268 g/mol. The Hall–Kier alpha value is -1.18. The van der Waals surface area contributed by atoms with Gasteiger partial charge < -0.3 is 4.74 Å². The summed E-state index contributed by atoms with van der Waals surface area (Å²) in [7, 11) is 1.68. The van der Waals surface area contributed by atoms with Gasteiger partial charge in [-0.05, 0) is 57.6 Å². The average molecular weight is 292 g/mol. The summed E-state index contributed by atoms with van der Waals surface area (Å²) in [4.78, 5) is 1.21. The number of hydrogen-bond donors (Lipinski definition) is 1. The fourth-order valence-electron chi connectivity index (χ4n) is 2.10. The number of nitriles is 1. The lowest BCUT2D eigenvalue weighted by atomic mass is 9.97. The van der Waals surface area contributed by atoms with Crippen molar-refractivity contribution in [1.82, 2.24) is 5.32 Å². The molecule has 0 fully saturated rings. The molecule has 0 aromatic heterocycles. The second-order valence-corrected chi connectivity index (χ2v) is 6.54.